The number of ether oxygens (including phenoxy) is 1. The zero-order valence-electron chi connectivity index (χ0n) is 20.3. The lowest BCUT2D eigenvalue weighted by Gasteiger charge is -2.11. The molecule has 0 aliphatic carbocycles. The Morgan fingerprint density at radius 2 is 1.65 bits per heavy atom. The first-order chi connectivity index (χ1) is 17.9. The van der Waals surface area contributed by atoms with Crippen molar-refractivity contribution in [2.24, 2.45) is 0 Å². The molecule has 7 heteroatoms. The van der Waals surface area contributed by atoms with Gasteiger partial charge in [0.2, 0.25) is 0 Å². The Labute approximate surface area is 221 Å². The van der Waals surface area contributed by atoms with Gasteiger partial charge in [0.05, 0.1) is 0 Å². The maximum absolute atomic E-state index is 12.3. The zero-order valence-corrected chi connectivity index (χ0v) is 22.0. The van der Waals surface area contributed by atoms with Crippen LogP contribution in [0.2, 0.25) is 0 Å². The Kier molecular flexibility index (Phi) is 8.72. The van der Waals surface area contributed by atoms with E-state index in [4.69, 9.17) is 4.74 Å². The normalized spacial score (nSPS) is 11.7. The minimum absolute atomic E-state index is 0.0980. The van der Waals surface area contributed by atoms with E-state index in [0.717, 1.165) is 44.9 Å². The van der Waals surface area contributed by atoms with Crippen LogP contribution < -0.4 is 9.46 Å². The predicted molar refractivity (Wildman–Crippen MR) is 150 cm³/mol. The molecule has 37 heavy (non-hydrogen) atoms. The number of hydrogen-bond acceptors (Lipinski definition) is 5. The summed E-state index contributed by atoms with van der Waals surface area (Å²) in [6.45, 7) is 2.55. The fourth-order valence-electron chi connectivity index (χ4n) is 3.67. The van der Waals surface area contributed by atoms with Gasteiger partial charge in [0, 0.05) is 6.08 Å². The lowest BCUT2D eigenvalue weighted by atomic mass is 10.0. The number of hydrogen-bond donors (Lipinski definition) is 1. The Hall–Kier alpha value is -3.94. The van der Waals surface area contributed by atoms with Crippen LogP contribution >= 0.6 is 11.3 Å². The standard InChI is InChI=1S/C30H27NO4S2/c1-23-16-18-28(35-22-24-9-3-2-4-10-24)27(21-23)14-7-13-25-11-5-6-12-26(25)17-19-29(32)31-37(33,34)30-15-8-20-36-30/h2-13,15-21H,14,22H2,1H3,(H,31,32)/b13-7+,19-17+. The molecule has 0 saturated heterocycles. The third-order valence-electron chi connectivity index (χ3n) is 5.49. The van der Waals surface area contributed by atoms with Gasteiger partial charge in [0.25, 0.3) is 15.9 Å². The quantitative estimate of drug-likeness (QED) is 0.241. The largest absolute Gasteiger partial charge is 0.489 e. The van der Waals surface area contributed by atoms with E-state index in [-0.39, 0.29) is 4.21 Å². The third kappa shape index (κ3) is 7.52. The molecule has 0 spiro atoms. The number of thiophene rings is 1. The topological polar surface area (TPSA) is 72.5 Å². The number of nitrogens with one attached hydrogen (secondary N) is 1. The molecule has 4 aromatic rings. The van der Waals surface area contributed by atoms with E-state index in [9.17, 15) is 13.2 Å². The fraction of sp³-hybridized carbons (Fsp3) is 0.100. The fourth-order valence-corrected chi connectivity index (χ4v) is 5.61. The molecule has 0 bridgehead atoms. The van der Waals surface area contributed by atoms with E-state index < -0.39 is 15.9 Å². The molecule has 0 atom stereocenters. The van der Waals surface area contributed by atoms with E-state index in [2.05, 4.69) is 23.8 Å². The average molecular weight is 530 g/mol. The Bertz CT molecular complexity index is 1510. The summed E-state index contributed by atoms with van der Waals surface area (Å²) in [4.78, 5) is 12.3. The first-order valence-corrected chi connectivity index (χ1v) is 14.1. The van der Waals surface area contributed by atoms with Gasteiger partial charge in [0.15, 0.2) is 0 Å². The highest BCUT2D eigenvalue weighted by Gasteiger charge is 2.16. The van der Waals surface area contributed by atoms with Crippen LogP contribution in [-0.2, 0) is 27.8 Å². The molecular formula is C30H27NO4S2. The summed E-state index contributed by atoms with van der Waals surface area (Å²) in [5.41, 5.74) is 5.05. The zero-order chi connectivity index (χ0) is 26.1. The van der Waals surface area contributed by atoms with Crippen molar-refractivity contribution in [3.63, 3.8) is 0 Å². The average Bonchev–Trinajstić information content (AvgIpc) is 3.44. The van der Waals surface area contributed by atoms with Crippen LogP contribution in [0.1, 0.15) is 27.8 Å². The summed E-state index contributed by atoms with van der Waals surface area (Å²) < 4.78 is 32.8. The van der Waals surface area contributed by atoms with Crippen molar-refractivity contribution in [2.45, 2.75) is 24.2 Å². The Morgan fingerprint density at radius 1 is 0.919 bits per heavy atom. The van der Waals surface area contributed by atoms with E-state index in [1.807, 2.05) is 72.8 Å². The number of sulfonamides is 1. The van der Waals surface area contributed by atoms with Crippen LogP contribution in [-0.4, -0.2) is 14.3 Å². The van der Waals surface area contributed by atoms with Crippen LogP contribution in [0.5, 0.6) is 5.75 Å². The number of carbonyl (C=O) groups is 1. The number of amides is 1. The summed E-state index contributed by atoms with van der Waals surface area (Å²) in [5.74, 6) is 0.142. The van der Waals surface area contributed by atoms with Crippen LogP contribution in [0.25, 0.3) is 12.2 Å². The Balaban J connectivity index is 1.43. The van der Waals surface area contributed by atoms with Crippen molar-refractivity contribution < 1.29 is 17.9 Å². The van der Waals surface area contributed by atoms with Gasteiger partial charge in [-0.3, -0.25) is 4.79 Å². The molecule has 1 heterocycles. The van der Waals surface area contributed by atoms with Crippen LogP contribution in [0.4, 0.5) is 0 Å². The van der Waals surface area contributed by atoms with Crippen molar-refractivity contribution in [2.75, 3.05) is 0 Å². The van der Waals surface area contributed by atoms with E-state index in [1.165, 1.54) is 12.1 Å². The van der Waals surface area contributed by atoms with Gasteiger partial charge in [-0.2, -0.15) is 0 Å². The molecule has 4 rings (SSSR count). The molecule has 1 aromatic heterocycles. The molecule has 0 saturated carbocycles. The van der Waals surface area contributed by atoms with Crippen molar-refractivity contribution in [3.05, 3.63) is 130 Å². The number of carbonyl (C=O) groups excluding carboxylic acids is 1. The number of rotatable bonds is 10. The lowest BCUT2D eigenvalue weighted by molar-refractivity contribution is -0.114. The van der Waals surface area contributed by atoms with Crippen LogP contribution in [0.15, 0.2) is 107 Å². The van der Waals surface area contributed by atoms with E-state index >= 15 is 0 Å². The second-order valence-corrected chi connectivity index (χ2v) is 11.2. The maximum atomic E-state index is 12.3. The smallest absolute Gasteiger partial charge is 0.273 e. The van der Waals surface area contributed by atoms with Gasteiger partial charge in [-0.25, -0.2) is 13.1 Å². The second-order valence-electron chi connectivity index (χ2n) is 8.36. The highest BCUT2D eigenvalue weighted by molar-refractivity contribution is 7.92. The van der Waals surface area contributed by atoms with Gasteiger partial charge in [-0.05, 0) is 59.2 Å². The van der Waals surface area contributed by atoms with Crippen molar-refractivity contribution in [3.8, 4) is 5.75 Å². The minimum Gasteiger partial charge on any atom is -0.489 e. The second kappa shape index (κ2) is 12.3. The number of benzene rings is 3. The molecule has 3 aromatic carbocycles. The third-order valence-corrected chi connectivity index (χ3v) is 8.24. The lowest BCUT2D eigenvalue weighted by Crippen LogP contribution is -2.28. The van der Waals surface area contributed by atoms with Crippen LogP contribution in [0, 0.1) is 6.92 Å². The first-order valence-electron chi connectivity index (χ1n) is 11.7. The summed E-state index contributed by atoms with van der Waals surface area (Å²) in [7, 11) is -3.86. The monoisotopic (exact) mass is 529 g/mol. The molecule has 0 aliphatic heterocycles. The molecule has 188 valence electrons. The molecule has 5 nitrogen and oxygen atoms in total. The Morgan fingerprint density at radius 3 is 2.38 bits per heavy atom. The molecular weight excluding hydrogens is 502 g/mol. The van der Waals surface area contributed by atoms with Gasteiger partial charge in [-0.1, -0.05) is 90.5 Å². The molecule has 0 fully saturated rings. The molecule has 0 unspecified atom stereocenters. The maximum Gasteiger partial charge on any atom is 0.273 e. The van der Waals surface area contributed by atoms with Crippen LogP contribution in [0.3, 0.4) is 0 Å². The predicted octanol–water partition coefficient (Wildman–Crippen LogP) is 6.41. The number of aryl methyl sites for hydroxylation is 1. The highest BCUT2D eigenvalue weighted by Crippen LogP contribution is 2.23. The van der Waals surface area contributed by atoms with E-state index in [0.29, 0.717) is 13.0 Å². The van der Waals surface area contributed by atoms with Crippen molar-refractivity contribution in [1.29, 1.82) is 0 Å². The SMILES string of the molecule is Cc1ccc(OCc2ccccc2)c(C/C=C/c2ccccc2/C=C/C(=O)NS(=O)(=O)c2cccs2)c1. The summed E-state index contributed by atoms with van der Waals surface area (Å²) in [6.07, 6.45) is 7.55. The van der Waals surface area contributed by atoms with Crippen molar-refractivity contribution in [1.82, 2.24) is 4.72 Å². The molecule has 0 aliphatic rings. The number of allylic oxidation sites excluding steroid dienone is 1. The van der Waals surface area contributed by atoms with Gasteiger partial charge in [0.1, 0.15) is 16.6 Å². The van der Waals surface area contributed by atoms with Crippen molar-refractivity contribution >= 4 is 39.4 Å². The summed E-state index contributed by atoms with van der Waals surface area (Å²) in [5, 5.41) is 1.65. The summed E-state index contributed by atoms with van der Waals surface area (Å²) in [6, 6.07) is 26.9. The molecule has 0 radical (unpaired) electrons. The van der Waals surface area contributed by atoms with Gasteiger partial charge >= 0.3 is 0 Å². The minimum atomic E-state index is -3.86. The molecule has 1 N–H and O–H groups in total. The van der Waals surface area contributed by atoms with E-state index in [1.54, 1.807) is 17.5 Å². The first kappa shape index (κ1) is 26.1. The highest BCUT2D eigenvalue weighted by atomic mass is 32.2. The van der Waals surface area contributed by atoms with Gasteiger partial charge in [-0.15, -0.1) is 11.3 Å². The summed E-state index contributed by atoms with van der Waals surface area (Å²) >= 11 is 1.05. The molecule has 1 amide bonds. The van der Waals surface area contributed by atoms with Gasteiger partial charge < -0.3 is 4.74 Å².